The van der Waals surface area contributed by atoms with Gasteiger partial charge in [-0.05, 0) is 36.8 Å². The van der Waals surface area contributed by atoms with Crippen molar-refractivity contribution in [1.29, 1.82) is 0 Å². The Labute approximate surface area is 142 Å². The van der Waals surface area contributed by atoms with Crippen LogP contribution in [0.2, 0.25) is 0 Å². The number of anilines is 1. The van der Waals surface area contributed by atoms with Crippen molar-refractivity contribution in [2.75, 3.05) is 11.1 Å². The third kappa shape index (κ3) is 5.00. The van der Waals surface area contributed by atoms with Gasteiger partial charge in [0, 0.05) is 10.9 Å². The molecule has 0 saturated carbocycles. The van der Waals surface area contributed by atoms with Crippen molar-refractivity contribution >= 4 is 34.1 Å². The molecule has 1 N–H and O–H groups in total. The molecular weight excluding hydrogens is 338 g/mol. The largest absolute Gasteiger partial charge is 0.301 e. The van der Waals surface area contributed by atoms with Crippen LogP contribution in [0.15, 0.2) is 23.6 Å². The van der Waals surface area contributed by atoms with Gasteiger partial charge in [0.15, 0.2) is 16.8 Å². The fourth-order valence-electron chi connectivity index (χ4n) is 1.74. The maximum atomic E-state index is 13.3. The number of hydrogen-bond donors (Lipinski definition) is 1. The maximum absolute atomic E-state index is 13.3. The number of thiazole rings is 1. The molecule has 0 spiro atoms. The number of thioether (sulfide) groups is 1. The van der Waals surface area contributed by atoms with Crippen molar-refractivity contribution in [2.24, 2.45) is 5.92 Å². The van der Waals surface area contributed by atoms with Crippen molar-refractivity contribution < 1.29 is 13.6 Å². The van der Waals surface area contributed by atoms with Gasteiger partial charge in [0.1, 0.15) is 0 Å². The number of carbonyl (C=O) groups excluding carboxylic acids is 1. The SMILES string of the molecule is CC(C)CSC(C)C(=O)Nc1nc(-c2ccc(F)c(F)c2)cs1. The Balaban J connectivity index is 2.01. The molecule has 0 aliphatic rings. The molecule has 1 aromatic heterocycles. The highest BCUT2D eigenvalue weighted by Crippen LogP contribution is 2.26. The van der Waals surface area contributed by atoms with Crippen LogP contribution >= 0.6 is 23.1 Å². The number of hydrogen-bond acceptors (Lipinski definition) is 4. The summed E-state index contributed by atoms with van der Waals surface area (Å²) in [7, 11) is 0. The van der Waals surface area contributed by atoms with Gasteiger partial charge < -0.3 is 5.32 Å². The molecule has 1 aromatic carbocycles. The van der Waals surface area contributed by atoms with E-state index >= 15 is 0 Å². The minimum absolute atomic E-state index is 0.109. The zero-order valence-electron chi connectivity index (χ0n) is 13.1. The molecule has 7 heteroatoms. The summed E-state index contributed by atoms with van der Waals surface area (Å²) in [6.45, 7) is 6.06. The first kappa shape index (κ1) is 17.9. The monoisotopic (exact) mass is 356 g/mol. The van der Waals surface area contributed by atoms with Gasteiger partial charge in [0.2, 0.25) is 5.91 Å². The Hall–Kier alpha value is -1.47. The van der Waals surface area contributed by atoms with E-state index < -0.39 is 11.6 Å². The van der Waals surface area contributed by atoms with Crippen LogP contribution in [0.3, 0.4) is 0 Å². The van der Waals surface area contributed by atoms with E-state index in [-0.39, 0.29) is 11.2 Å². The highest BCUT2D eigenvalue weighted by molar-refractivity contribution is 8.00. The smallest absolute Gasteiger partial charge is 0.238 e. The molecule has 124 valence electrons. The second-order valence-corrected chi connectivity index (χ2v) is 7.76. The highest BCUT2D eigenvalue weighted by atomic mass is 32.2. The molecule has 23 heavy (non-hydrogen) atoms. The second-order valence-electron chi connectivity index (χ2n) is 5.53. The van der Waals surface area contributed by atoms with E-state index in [0.717, 1.165) is 17.9 Å². The molecule has 2 rings (SSSR count). The lowest BCUT2D eigenvalue weighted by atomic mass is 10.2. The normalized spacial score (nSPS) is 12.4. The fourth-order valence-corrected chi connectivity index (χ4v) is 3.35. The average Bonchev–Trinajstić information content (AvgIpc) is 2.96. The van der Waals surface area contributed by atoms with E-state index in [4.69, 9.17) is 0 Å². The quantitative estimate of drug-likeness (QED) is 0.808. The van der Waals surface area contributed by atoms with E-state index in [9.17, 15) is 13.6 Å². The van der Waals surface area contributed by atoms with Gasteiger partial charge in [-0.25, -0.2) is 13.8 Å². The van der Waals surface area contributed by atoms with E-state index in [0.29, 0.717) is 22.3 Å². The second kappa shape index (κ2) is 7.88. The number of aromatic nitrogens is 1. The van der Waals surface area contributed by atoms with Gasteiger partial charge in [-0.1, -0.05) is 13.8 Å². The third-order valence-electron chi connectivity index (χ3n) is 3.00. The Morgan fingerprint density at radius 1 is 1.30 bits per heavy atom. The van der Waals surface area contributed by atoms with Gasteiger partial charge >= 0.3 is 0 Å². The van der Waals surface area contributed by atoms with E-state index in [2.05, 4.69) is 24.1 Å². The molecule has 1 unspecified atom stereocenters. The summed E-state index contributed by atoms with van der Waals surface area (Å²) < 4.78 is 26.2. The molecule has 1 amide bonds. The first-order chi connectivity index (χ1) is 10.9. The zero-order chi connectivity index (χ0) is 17.0. The lowest BCUT2D eigenvalue weighted by molar-refractivity contribution is -0.115. The summed E-state index contributed by atoms with van der Waals surface area (Å²) in [6, 6.07) is 3.62. The minimum atomic E-state index is -0.917. The molecule has 0 aliphatic heterocycles. The fraction of sp³-hybridized carbons (Fsp3) is 0.375. The first-order valence-corrected chi connectivity index (χ1v) is 9.13. The summed E-state index contributed by atoms with van der Waals surface area (Å²) in [4.78, 5) is 16.4. The average molecular weight is 356 g/mol. The minimum Gasteiger partial charge on any atom is -0.301 e. The Morgan fingerprint density at radius 2 is 2.04 bits per heavy atom. The number of halogens is 2. The molecule has 0 aliphatic carbocycles. The summed E-state index contributed by atoms with van der Waals surface area (Å²) in [5.41, 5.74) is 0.981. The van der Waals surface area contributed by atoms with Gasteiger partial charge in [0.25, 0.3) is 0 Å². The maximum Gasteiger partial charge on any atom is 0.238 e. The first-order valence-electron chi connectivity index (χ1n) is 7.20. The van der Waals surface area contributed by atoms with E-state index in [1.807, 2.05) is 6.92 Å². The van der Waals surface area contributed by atoms with Crippen molar-refractivity contribution in [2.45, 2.75) is 26.0 Å². The molecule has 1 atom stereocenters. The van der Waals surface area contributed by atoms with Crippen LogP contribution in [0, 0.1) is 17.6 Å². The predicted octanol–water partition coefficient (Wildman–Crippen LogP) is 4.80. The summed E-state index contributed by atoms with van der Waals surface area (Å²) in [6.07, 6.45) is 0. The Kier molecular flexibility index (Phi) is 6.12. The van der Waals surface area contributed by atoms with Crippen LogP contribution in [0.1, 0.15) is 20.8 Å². The molecule has 0 saturated heterocycles. The van der Waals surface area contributed by atoms with Gasteiger partial charge in [-0.3, -0.25) is 4.79 Å². The number of carbonyl (C=O) groups is 1. The number of nitrogens with one attached hydrogen (secondary N) is 1. The molecular formula is C16H18F2N2OS2. The topological polar surface area (TPSA) is 42.0 Å². The van der Waals surface area contributed by atoms with Gasteiger partial charge in [0.05, 0.1) is 10.9 Å². The lowest BCUT2D eigenvalue weighted by Gasteiger charge is -2.11. The van der Waals surface area contributed by atoms with Crippen LogP contribution in [0.4, 0.5) is 13.9 Å². The van der Waals surface area contributed by atoms with Crippen LogP contribution in [-0.4, -0.2) is 21.9 Å². The van der Waals surface area contributed by atoms with Gasteiger partial charge in [-0.2, -0.15) is 0 Å². The number of nitrogens with zero attached hydrogens (tertiary/aromatic N) is 1. The van der Waals surface area contributed by atoms with E-state index in [1.54, 1.807) is 17.1 Å². The summed E-state index contributed by atoms with van der Waals surface area (Å²) >= 11 is 2.85. The van der Waals surface area contributed by atoms with Crippen LogP contribution < -0.4 is 5.32 Å². The van der Waals surface area contributed by atoms with Crippen molar-refractivity contribution in [3.63, 3.8) is 0 Å². The molecule has 0 bridgehead atoms. The Bertz CT molecular complexity index is 688. The highest BCUT2D eigenvalue weighted by Gasteiger charge is 2.16. The standard InChI is InChI=1S/C16H18F2N2OS2/c1-9(2)7-22-10(3)15(21)20-16-19-14(8-23-16)11-4-5-12(17)13(18)6-11/h4-6,8-10H,7H2,1-3H3,(H,19,20,21). The van der Waals surface area contributed by atoms with Crippen LogP contribution in [0.25, 0.3) is 11.3 Å². The molecule has 0 radical (unpaired) electrons. The number of benzene rings is 1. The molecule has 0 fully saturated rings. The lowest BCUT2D eigenvalue weighted by Crippen LogP contribution is -2.23. The molecule has 3 nitrogen and oxygen atoms in total. The van der Waals surface area contributed by atoms with Crippen LogP contribution in [0.5, 0.6) is 0 Å². The zero-order valence-corrected chi connectivity index (χ0v) is 14.7. The van der Waals surface area contributed by atoms with Gasteiger partial charge in [-0.15, -0.1) is 23.1 Å². The number of rotatable bonds is 6. The summed E-state index contributed by atoms with van der Waals surface area (Å²) in [5.74, 6) is -0.489. The van der Waals surface area contributed by atoms with Crippen molar-refractivity contribution in [3.8, 4) is 11.3 Å². The Morgan fingerprint density at radius 3 is 2.70 bits per heavy atom. The van der Waals surface area contributed by atoms with Crippen molar-refractivity contribution in [1.82, 2.24) is 4.98 Å². The molecule has 2 aromatic rings. The predicted molar refractivity (Wildman–Crippen MR) is 92.9 cm³/mol. The number of amides is 1. The summed E-state index contributed by atoms with van der Waals surface area (Å²) in [5, 5.41) is 4.74. The van der Waals surface area contributed by atoms with Crippen molar-refractivity contribution in [3.05, 3.63) is 35.2 Å². The van der Waals surface area contributed by atoms with Crippen LogP contribution in [-0.2, 0) is 4.79 Å². The molecule has 1 heterocycles. The third-order valence-corrected chi connectivity index (χ3v) is 5.33. The van der Waals surface area contributed by atoms with E-state index in [1.165, 1.54) is 17.4 Å².